The number of hydrogen-bond donors (Lipinski definition) is 1. The van der Waals surface area contributed by atoms with Gasteiger partial charge in [0.2, 0.25) is 15.9 Å². The Morgan fingerprint density at radius 3 is 2.52 bits per heavy atom. The van der Waals surface area contributed by atoms with Crippen LogP contribution in [0.4, 0.5) is 0 Å². The first-order valence-corrected chi connectivity index (χ1v) is 9.94. The van der Waals surface area contributed by atoms with E-state index in [1.807, 2.05) is 17.0 Å². The van der Waals surface area contributed by atoms with Crippen LogP contribution in [-0.4, -0.2) is 42.0 Å². The molecule has 1 aliphatic carbocycles. The molecule has 1 saturated carbocycles. The third-order valence-corrected chi connectivity index (χ3v) is 5.83. The van der Waals surface area contributed by atoms with Gasteiger partial charge in [0.05, 0.1) is 6.26 Å². The number of sulfonamides is 1. The number of amides is 1. The molecule has 1 aromatic rings. The number of carbonyl (C=O) groups is 1. The number of rotatable bonds is 4. The molecule has 2 fully saturated rings. The molecule has 126 valence electrons. The molecule has 0 aromatic carbocycles. The quantitative estimate of drug-likeness (QED) is 0.901. The number of carbonyl (C=O) groups excluding carboxylic acids is 1. The van der Waals surface area contributed by atoms with Gasteiger partial charge in [0.1, 0.15) is 0 Å². The summed E-state index contributed by atoms with van der Waals surface area (Å²) in [5, 5.41) is 0. The second-order valence-corrected chi connectivity index (χ2v) is 8.50. The van der Waals surface area contributed by atoms with E-state index in [0.29, 0.717) is 13.0 Å². The fourth-order valence-corrected chi connectivity index (χ4v) is 4.74. The zero-order valence-electron chi connectivity index (χ0n) is 13.4. The Hall–Kier alpha value is -1.47. The monoisotopic (exact) mass is 337 g/mol. The van der Waals surface area contributed by atoms with Crippen LogP contribution in [0.3, 0.4) is 0 Å². The lowest BCUT2D eigenvalue weighted by molar-refractivity contribution is -0.133. The Morgan fingerprint density at radius 1 is 1.26 bits per heavy atom. The van der Waals surface area contributed by atoms with Gasteiger partial charge in [-0.1, -0.05) is 0 Å². The normalized spacial score (nSPS) is 28.5. The van der Waals surface area contributed by atoms with Crippen molar-refractivity contribution in [3.8, 4) is 0 Å². The van der Waals surface area contributed by atoms with Gasteiger partial charge in [0.25, 0.3) is 0 Å². The number of nitrogens with one attached hydrogen (secondary N) is 1. The second kappa shape index (κ2) is 6.20. The topological polar surface area (TPSA) is 79.4 Å². The molecule has 2 aliphatic rings. The van der Waals surface area contributed by atoms with Gasteiger partial charge in [0, 0.05) is 36.9 Å². The summed E-state index contributed by atoms with van der Waals surface area (Å²) in [7, 11) is -3.17. The third-order valence-electron chi connectivity index (χ3n) is 5.06. The SMILES string of the molecule is CS(=O)(=O)NC1CCC2(CCC(=O)N2Cc2ccncc2)CC1. The van der Waals surface area contributed by atoms with Gasteiger partial charge < -0.3 is 4.90 Å². The number of likely N-dealkylation sites (tertiary alicyclic amines) is 1. The fourth-order valence-electron chi connectivity index (χ4n) is 3.90. The van der Waals surface area contributed by atoms with Crippen LogP contribution >= 0.6 is 0 Å². The highest BCUT2D eigenvalue weighted by atomic mass is 32.2. The van der Waals surface area contributed by atoms with Crippen LogP contribution in [0.2, 0.25) is 0 Å². The number of hydrogen-bond acceptors (Lipinski definition) is 4. The molecule has 1 amide bonds. The highest BCUT2D eigenvalue weighted by molar-refractivity contribution is 7.88. The highest BCUT2D eigenvalue weighted by Gasteiger charge is 2.47. The molecule has 1 saturated heterocycles. The van der Waals surface area contributed by atoms with Gasteiger partial charge in [-0.25, -0.2) is 13.1 Å². The van der Waals surface area contributed by atoms with Crippen LogP contribution < -0.4 is 4.72 Å². The summed E-state index contributed by atoms with van der Waals surface area (Å²) < 4.78 is 25.5. The molecule has 0 atom stereocenters. The molecule has 1 spiro atoms. The second-order valence-electron chi connectivity index (χ2n) is 6.72. The maximum atomic E-state index is 12.4. The van der Waals surface area contributed by atoms with Gasteiger partial charge in [-0.3, -0.25) is 9.78 Å². The fraction of sp³-hybridized carbons (Fsp3) is 0.625. The minimum Gasteiger partial charge on any atom is -0.333 e. The lowest BCUT2D eigenvalue weighted by Crippen LogP contribution is -2.50. The van der Waals surface area contributed by atoms with E-state index in [1.54, 1.807) is 12.4 Å². The van der Waals surface area contributed by atoms with Crippen molar-refractivity contribution in [2.45, 2.75) is 56.7 Å². The zero-order valence-corrected chi connectivity index (χ0v) is 14.2. The van der Waals surface area contributed by atoms with Crippen LogP contribution in [0.15, 0.2) is 24.5 Å². The van der Waals surface area contributed by atoms with Gasteiger partial charge >= 0.3 is 0 Å². The van der Waals surface area contributed by atoms with Crippen LogP contribution in [-0.2, 0) is 21.4 Å². The zero-order chi connectivity index (χ0) is 16.5. The molecular formula is C16H23N3O3S. The average molecular weight is 337 g/mol. The summed E-state index contributed by atoms with van der Waals surface area (Å²) in [6.45, 7) is 0.617. The maximum Gasteiger partial charge on any atom is 0.223 e. The predicted molar refractivity (Wildman–Crippen MR) is 87.0 cm³/mol. The number of nitrogens with zero attached hydrogens (tertiary/aromatic N) is 2. The highest BCUT2D eigenvalue weighted by Crippen LogP contribution is 2.43. The van der Waals surface area contributed by atoms with E-state index in [9.17, 15) is 13.2 Å². The molecule has 23 heavy (non-hydrogen) atoms. The number of pyridine rings is 1. The van der Waals surface area contributed by atoms with Crippen molar-refractivity contribution in [3.63, 3.8) is 0 Å². The number of aromatic nitrogens is 1. The first-order chi connectivity index (χ1) is 10.9. The first-order valence-electron chi connectivity index (χ1n) is 8.05. The van der Waals surface area contributed by atoms with Crippen molar-refractivity contribution in [1.82, 2.24) is 14.6 Å². The lowest BCUT2D eigenvalue weighted by Gasteiger charge is -2.44. The molecule has 2 heterocycles. The Bertz CT molecular complexity index is 667. The van der Waals surface area contributed by atoms with Crippen molar-refractivity contribution in [1.29, 1.82) is 0 Å². The first kappa shape index (κ1) is 16.4. The largest absolute Gasteiger partial charge is 0.333 e. The molecule has 1 aliphatic heterocycles. The Balaban J connectivity index is 1.70. The summed E-state index contributed by atoms with van der Waals surface area (Å²) >= 11 is 0. The van der Waals surface area contributed by atoms with Gasteiger partial charge in [0.15, 0.2) is 0 Å². The van der Waals surface area contributed by atoms with Crippen molar-refractivity contribution in [3.05, 3.63) is 30.1 Å². The Labute approximate surface area is 137 Å². The molecule has 0 unspecified atom stereocenters. The van der Waals surface area contributed by atoms with E-state index in [-0.39, 0.29) is 17.5 Å². The van der Waals surface area contributed by atoms with Gasteiger partial charge in [-0.15, -0.1) is 0 Å². The van der Waals surface area contributed by atoms with Crippen molar-refractivity contribution in [2.75, 3.05) is 6.26 Å². The Kier molecular flexibility index (Phi) is 4.42. The summed E-state index contributed by atoms with van der Waals surface area (Å²) in [5.41, 5.74) is 0.988. The predicted octanol–water partition coefficient (Wildman–Crippen LogP) is 1.43. The van der Waals surface area contributed by atoms with Gasteiger partial charge in [-0.05, 0) is 49.8 Å². The summed E-state index contributed by atoms with van der Waals surface area (Å²) in [6.07, 6.45) is 9.45. The molecule has 1 N–H and O–H groups in total. The summed E-state index contributed by atoms with van der Waals surface area (Å²) in [5.74, 6) is 0.205. The third kappa shape index (κ3) is 3.72. The van der Waals surface area contributed by atoms with Crippen molar-refractivity contribution in [2.24, 2.45) is 0 Å². The maximum absolute atomic E-state index is 12.4. The molecule has 1 aromatic heterocycles. The average Bonchev–Trinajstić information content (AvgIpc) is 2.79. The smallest absolute Gasteiger partial charge is 0.223 e. The van der Waals surface area contributed by atoms with Gasteiger partial charge in [-0.2, -0.15) is 0 Å². The minimum absolute atomic E-state index is 0.00546. The van der Waals surface area contributed by atoms with E-state index in [2.05, 4.69) is 9.71 Å². The molecular weight excluding hydrogens is 314 g/mol. The minimum atomic E-state index is -3.17. The van der Waals surface area contributed by atoms with Crippen molar-refractivity contribution < 1.29 is 13.2 Å². The van der Waals surface area contributed by atoms with E-state index in [0.717, 1.165) is 37.7 Å². The van der Waals surface area contributed by atoms with Crippen LogP contribution in [0, 0.1) is 0 Å². The van der Waals surface area contributed by atoms with E-state index >= 15 is 0 Å². The lowest BCUT2D eigenvalue weighted by atomic mass is 9.78. The summed E-state index contributed by atoms with van der Waals surface area (Å²) in [6, 6.07) is 3.88. The molecule has 3 rings (SSSR count). The molecule has 0 bridgehead atoms. The molecule has 7 heteroatoms. The van der Waals surface area contributed by atoms with E-state index in [4.69, 9.17) is 0 Å². The summed E-state index contributed by atoms with van der Waals surface area (Å²) in [4.78, 5) is 18.4. The van der Waals surface area contributed by atoms with Crippen LogP contribution in [0.5, 0.6) is 0 Å². The van der Waals surface area contributed by atoms with Crippen molar-refractivity contribution >= 4 is 15.9 Å². The molecule has 0 radical (unpaired) electrons. The Morgan fingerprint density at radius 2 is 1.91 bits per heavy atom. The van der Waals surface area contributed by atoms with E-state index in [1.165, 1.54) is 6.26 Å². The van der Waals surface area contributed by atoms with Crippen LogP contribution in [0.1, 0.15) is 44.1 Å². The standard InChI is InChI=1S/C16H23N3O3S/c1-23(21,22)18-14-2-7-16(8-3-14)9-4-15(20)19(16)12-13-5-10-17-11-6-13/h5-6,10-11,14,18H,2-4,7-9,12H2,1H3. The van der Waals surface area contributed by atoms with Crippen LogP contribution in [0.25, 0.3) is 0 Å². The molecule has 6 nitrogen and oxygen atoms in total. The van der Waals surface area contributed by atoms with E-state index < -0.39 is 10.0 Å².